The van der Waals surface area contributed by atoms with Crippen LogP contribution in [0.2, 0.25) is 5.02 Å². The molecule has 0 amide bonds. The maximum atomic E-state index is 6.19. The van der Waals surface area contributed by atoms with Gasteiger partial charge in [-0.2, -0.15) is 0 Å². The summed E-state index contributed by atoms with van der Waals surface area (Å²) < 4.78 is 0. The molecule has 90 valence electrons. The lowest BCUT2D eigenvalue weighted by molar-refractivity contribution is 0.220. The molecule has 0 aliphatic heterocycles. The Morgan fingerprint density at radius 1 is 1.25 bits per heavy atom. The highest BCUT2D eigenvalue weighted by Crippen LogP contribution is 2.24. The zero-order valence-corrected chi connectivity index (χ0v) is 11.0. The van der Waals surface area contributed by atoms with Gasteiger partial charge in [-0.15, -0.1) is 0 Å². The molecule has 2 N–H and O–H groups in total. The number of benzene rings is 1. The summed E-state index contributed by atoms with van der Waals surface area (Å²) in [5, 5.41) is 0.770. The average Bonchev–Trinajstić information content (AvgIpc) is 2.31. The highest BCUT2D eigenvalue weighted by Gasteiger charge is 2.21. The lowest BCUT2D eigenvalue weighted by Crippen LogP contribution is -2.38. The van der Waals surface area contributed by atoms with Crippen LogP contribution >= 0.6 is 11.6 Å². The van der Waals surface area contributed by atoms with Crippen LogP contribution in [0.3, 0.4) is 0 Å². The molecule has 2 unspecified atom stereocenters. The second-order valence-corrected chi connectivity index (χ2v) is 4.58. The van der Waals surface area contributed by atoms with Crippen molar-refractivity contribution >= 4 is 11.6 Å². The van der Waals surface area contributed by atoms with E-state index in [2.05, 4.69) is 37.9 Å². The van der Waals surface area contributed by atoms with Crippen molar-refractivity contribution in [2.75, 3.05) is 13.6 Å². The Labute approximate surface area is 103 Å². The van der Waals surface area contributed by atoms with E-state index in [9.17, 15) is 0 Å². The van der Waals surface area contributed by atoms with Crippen LogP contribution < -0.4 is 5.73 Å². The van der Waals surface area contributed by atoms with Crippen LogP contribution in [0.25, 0.3) is 0 Å². The maximum absolute atomic E-state index is 6.19. The standard InChI is InChI=1S/C13H21ClN2/c1-4-12(15)13(16(3)5-2)10-6-8-11(14)9-7-10/h6-9,12-13H,4-5,15H2,1-3H3. The first-order chi connectivity index (χ1) is 7.60. The van der Waals surface area contributed by atoms with Crippen LogP contribution in [0, 0.1) is 0 Å². The van der Waals surface area contributed by atoms with Gasteiger partial charge in [0, 0.05) is 17.1 Å². The molecular formula is C13H21ClN2. The molecule has 0 aliphatic rings. The van der Waals surface area contributed by atoms with Gasteiger partial charge in [-0.1, -0.05) is 37.6 Å². The highest BCUT2D eigenvalue weighted by molar-refractivity contribution is 6.30. The first-order valence-corrected chi connectivity index (χ1v) is 6.19. The molecule has 1 rings (SSSR count). The molecule has 0 radical (unpaired) electrons. The number of rotatable bonds is 5. The van der Waals surface area contributed by atoms with Crippen LogP contribution in [0.1, 0.15) is 31.9 Å². The van der Waals surface area contributed by atoms with Gasteiger partial charge in [0.15, 0.2) is 0 Å². The predicted molar refractivity (Wildman–Crippen MR) is 70.8 cm³/mol. The largest absolute Gasteiger partial charge is 0.326 e. The van der Waals surface area contributed by atoms with Crippen molar-refractivity contribution in [3.63, 3.8) is 0 Å². The summed E-state index contributed by atoms with van der Waals surface area (Å²) >= 11 is 5.90. The monoisotopic (exact) mass is 240 g/mol. The minimum atomic E-state index is 0.158. The van der Waals surface area contributed by atoms with Gasteiger partial charge in [0.25, 0.3) is 0 Å². The van der Waals surface area contributed by atoms with Crippen LogP contribution in [0.4, 0.5) is 0 Å². The Hall–Kier alpha value is -0.570. The van der Waals surface area contributed by atoms with E-state index in [1.165, 1.54) is 5.56 Å². The number of likely N-dealkylation sites (N-methyl/N-ethyl adjacent to an activating group) is 1. The minimum Gasteiger partial charge on any atom is -0.326 e. The van der Waals surface area contributed by atoms with Crippen molar-refractivity contribution in [1.82, 2.24) is 4.90 Å². The van der Waals surface area contributed by atoms with Gasteiger partial charge < -0.3 is 5.73 Å². The van der Waals surface area contributed by atoms with Crippen molar-refractivity contribution < 1.29 is 0 Å². The van der Waals surface area contributed by atoms with Crippen molar-refractivity contribution in [3.05, 3.63) is 34.9 Å². The number of hydrogen-bond donors (Lipinski definition) is 1. The van der Waals surface area contributed by atoms with E-state index in [0.717, 1.165) is 18.0 Å². The molecule has 3 heteroatoms. The van der Waals surface area contributed by atoms with Gasteiger partial charge in [-0.25, -0.2) is 0 Å². The molecular weight excluding hydrogens is 220 g/mol. The Kier molecular flexibility index (Phi) is 5.26. The zero-order chi connectivity index (χ0) is 12.1. The van der Waals surface area contributed by atoms with E-state index < -0.39 is 0 Å². The lowest BCUT2D eigenvalue weighted by Gasteiger charge is -2.32. The number of nitrogens with zero attached hydrogens (tertiary/aromatic N) is 1. The van der Waals surface area contributed by atoms with Crippen LogP contribution in [-0.4, -0.2) is 24.5 Å². The third-order valence-corrected chi connectivity index (χ3v) is 3.31. The molecule has 0 aliphatic carbocycles. The van der Waals surface area contributed by atoms with E-state index in [1.54, 1.807) is 0 Å². The Morgan fingerprint density at radius 3 is 2.25 bits per heavy atom. The van der Waals surface area contributed by atoms with E-state index in [-0.39, 0.29) is 12.1 Å². The summed E-state index contributed by atoms with van der Waals surface area (Å²) in [6.07, 6.45) is 0.970. The zero-order valence-electron chi connectivity index (χ0n) is 10.3. The van der Waals surface area contributed by atoms with E-state index in [1.807, 2.05) is 12.1 Å². The quantitative estimate of drug-likeness (QED) is 0.857. The fourth-order valence-electron chi connectivity index (χ4n) is 1.91. The molecule has 2 atom stereocenters. The number of nitrogens with two attached hydrogens (primary N) is 1. The van der Waals surface area contributed by atoms with Gasteiger partial charge >= 0.3 is 0 Å². The van der Waals surface area contributed by atoms with E-state index >= 15 is 0 Å². The topological polar surface area (TPSA) is 29.3 Å². The highest BCUT2D eigenvalue weighted by atomic mass is 35.5. The molecule has 16 heavy (non-hydrogen) atoms. The van der Waals surface area contributed by atoms with Crippen LogP contribution in [0.5, 0.6) is 0 Å². The van der Waals surface area contributed by atoms with Gasteiger partial charge in [-0.05, 0) is 37.7 Å². The molecule has 0 saturated heterocycles. The van der Waals surface area contributed by atoms with Gasteiger partial charge in [0.2, 0.25) is 0 Å². The fraction of sp³-hybridized carbons (Fsp3) is 0.538. The SMILES string of the molecule is CCC(N)C(c1ccc(Cl)cc1)N(C)CC. The third kappa shape index (κ3) is 3.21. The smallest absolute Gasteiger partial charge is 0.0496 e. The van der Waals surface area contributed by atoms with Crippen molar-refractivity contribution in [1.29, 1.82) is 0 Å². The van der Waals surface area contributed by atoms with Crippen molar-refractivity contribution in [2.24, 2.45) is 5.73 Å². The van der Waals surface area contributed by atoms with Crippen LogP contribution in [0.15, 0.2) is 24.3 Å². The summed E-state index contributed by atoms with van der Waals surface area (Å²) in [6.45, 7) is 5.25. The first-order valence-electron chi connectivity index (χ1n) is 5.81. The molecule has 2 nitrogen and oxygen atoms in total. The number of halogens is 1. The van der Waals surface area contributed by atoms with Gasteiger partial charge in [0.1, 0.15) is 0 Å². The average molecular weight is 241 g/mol. The van der Waals surface area contributed by atoms with Gasteiger partial charge in [0.05, 0.1) is 0 Å². The van der Waals surface area contributed by atoms with E-state index in [4.69, 9.17) is 17.3 Å². The fourth-order valence-corrected chi connectivity index (χ4v) is 2.03. The second-order valence-electron chi connectivity index (χ2n) is 4.14. The molecule has 0 fully saturated rings. The predicted octanol–water partition coefficient (Wildman–Crippen LogP) is 3.07. The summed E-state index contributed by atoms with van der Waals surface area (Å²) in [5.74, 6) is 0. The molecule has 0 spiro atoms. The second kappa shape index (κ2) is 6.24. The lowest BCUT2D eigenvalue weighted by atomic mass is 9.97. The first kappa shape index (κ1) is 13.5. The third-order valence-electron chi connectivity index (χ3n) is 3.06. The Bertz CT molecular complexity index is 300. The number of hydrogen-bond acceptors (Lipinski definition) is 2. The normalized spacial score (nSPS) is 15.1. The summed E-state index contributed by atoms with van der Waals surface area (Å²) in [6, 6.07) is 8.41. The van der Waals surface area contributed by atoms with Crippen molar-refractivity contribution in [2.45, 2.75) is 32.4 Å². The van der Waals surface area contributed by atoms with E-state index in [0.29, 0.717) is 0 Å². The molecule has 0 aromatic heterocycles. The molecule has 0 saturated carbocycles. The molecule has 0 bridgehead atoms. The minimum absolute atomic E-state index is 0.158. The van der Waals surface area contributed by atoms with Crippen molar-refractivity contribution in [3.8, 4) is 0 Å². The molecule has 1 aromatic carbocycles. The Morgan fingerprint density at radius 2 is 1.81 bits per heavy atom. The summed E-state index contributed by atoms with van der Waals surface area (Å²) in [4.78, 5) is 2.28. The Balaban J connectivity index is 2.96. The summed E-state index contributed by atoms with van der Waals surface area (Å²) in [7, 11) is 2.11. The molecule has 1 aromatic rings. The summed E-state index contributed by atoms with van der Waals surface area (Å²) in [5.41, 5.74) is 7.43. The molecule has 0 heterocycles. The van der Waals surface area contributed by atoms with Gasteiger partial charge in [-0.3, -0.25) is 4.90 Å². The maximum Gasteiger partial charge on any atom is 0.0496 e. The van der Waals surface area contributed by atoms with Crippen LogP contribution in [-0.2, 0) is 0 Å².